The monoisotopic (exact) mass is 488 g/mol. The van der Waals surface area contributed by atoms with Crippen molar-refractivity contribution in [2.45, 2.75) is 57.3 Å². The normalized spacial score (nSPS) is 22.0. The molecule has 1 aromatic heterocycles. The second kappa shape index (κ2) is 8.77. The number of hydrogen-bond donors (Lipinski definition) is 1. The molecule has 1 fully saturated rings. The molecule has 2 unspecified atom stereocenters. The predicted octanol–water partition coefficient (Wildman–Crippen LogP) is 5.90. The van der Waals surface area contributed by atoms with Crippen LogP contribution in [-0.4, -0.2) is 31.9 Å². The lowest BCUT2D eigenvalue weighted by molar-refractivity contribution is 0.199. The zero-order valence-corrected chi connectivity index (χ0v) is 21.8. The molecule has 2 aliphatic rings. The molecule has 5 rings (SSSR count). The highest BCUT2D eigenvalue weighted by Crippen LogP contribution is 2.47. The first-order valence-corrected chi connectivity index (χ1v) is 13.7. The van der Waals surface area contributed by atoms with Gasteiger partial charge in [0.25, 0.3) is 0 Å². The summed E-state index contributed by atoms with van der Waals surface area (Å²) in [7, 11) is -3.36. The molecule has 35 heavy (non-hydrogen) atoms. The van der Waals surface area contributed by atoms with Crippen molar-refractivity contribution in [2.24, 2.45) is 5.41 Å². The van der Waals surface area contributed by atoms with Crippen molar-refractivity contribution in [1.29, 1.82) is 0 Å². The van der Waals surface area contributed by atoms with Gasteiger partial charge in [0.2, 0.25) is 4.90 Å². The van der Waals surface area contributed by atoms with Crippen molar-refractivity contribution in [3.05, 3.63) is 94.6 Å². The molecular formula is C29H34N3O2S+. The van der Waals surface area contributed by atoms with Gasteiger partial charge in [0.15, 0.2) is 0 Å². The van der Waals surface area contributed by atoms with E-state index in [1.165, 1.54) is 11.1 Å². The maximum Gasteiger partial charge on any atom is 0.325 e. The maximum atomic E-state index is 13.9. The number of piperidine rings is 1. The van der Waals surface area contributed by atoms with E-state index in [1.54, 1.807) is 4.31 Å². The third kappa shape index (κ3) is 4.63. The van der Waals surface area contributed by atoms with E-state index < -0.39 is 10.4 Å². The summed E-state index contributed by atoms with van der Waals surface area (Å²) >= 11 is 0. The van der Waals surface area contributed by atoms with Gasteiger partial charge in [-0.2, -0.15) is 4.55 Å². The molecule has 182 valence electrons. The largest absolute Gasteiger partial charge is 0.325 e. The Morgan fingerprint density at radius 2 is 1.80 bits per heavy atom. The van der Waals surface area contributed by atoms with Crippen molar-refractivity contribution in [1.82, 2.24) is 14.3 Å². The summed E-state index contributed by atoms with van der Waals surface area (Å²) in [6, 6.07) is 18.1. The quantitative estimate of drug-likeness (QED) is 0.464. The van der Waals surface area contributed by atoms with E-state index in [9.17, 15) is 8.76 Å². The Kier molecular flexibility index (Phi) is 6.02. The summed E-state index contributed by atoms with van der Waals surface area (Å²) in [5.74, 6) is 0.769. The van der Waals surface area contributed by atoms with Gasteiger partial charge in [-0.25, -0.2) is 9.97 Å². The molecule has 0 saturated carbocycles. The van der Waals surface area contributed by atoms with Gasteiger partial charge in [-0.1, -0.05) is 73.1 Å². The molecule has 0 radical (unpaired) electrons. The summed E-state index contributed by atoms with van der Waals surface area (Å²) in [6.45, 7) is 9.41. The van der Waals surface area contributed by atoms with E-state index in [0.717, 1.165) is 41.9 Å². The molecule has 1 saturated heterocycles. The van der Waals surface area contributed by atoms with E-state index in [1.807, 2.05) is 43.5 Å². The van der Waals surface area contributed by atoms with Crippen molar-refractivity contribution in [3.63, 3.8) is 0 Å². The van der Waals surface area contributed by atoms with E-state index in [-0.39, 0.29) is 10.8 Å². The fraction of sp³-hybridized carbons (Fsp3) is 0.379. The molecule has 0 spiro atoms. The molecule has 2 heterocycles. The summed E-state index contributed by atoms with van der Waals surface area (Å²) in [4.78, 5) is 9.61. The fourth-order valence-corrected chi connectivity index (χ4v) is 6.99. The molecule has 6 heteroatoms. The first-order chi connectivity index (χ1) is 16.6. The zero-order chi connectivity index (χ0) is 24.8. The molecule has 2 aromatic carbocycles. The van der Waals surface area contributed by atoms with Gasteiger partial charge >= 0.3 is 10.4 Å². The Bertz CT molecular complexity index is 1310. The summed E-state index contributed by atoms with van der Waals surface area (Å²) in [5, 5.41) is 0. The molecule has 5 nitrogen and oxygen atoms in total. The van der Waals surface area contributed by atoms with Gasteiger partial charge < -0.3 is 0 Å². The van der Waals surface area contributed by atoms with Crippen LogP contribution in [0, 0.1) is 12.3 Å². The lowest BCUT2D eigenvalue weighted by Gasteiger charge is -2.45. The lowest BCUT2D eigenvalue weighted by Crippen LogP contribution is -2.52. The second-order valence-electron chi connectivity index (χ2n) is 11.0. The lowest BCUT2D eigenvalue weighted by atomic mass is 9.65. The van der Waals surface area contributed by atoms with E-state index in [4.69, 9.17) is 0 Å². The highest BCUT2D eigenvalue weighted by molar-refractivity contribution is 7.95. The van der Waals surface area contributed by atoms with E-state index in [0.29, 0.717) is 18.0 Å². The number of nitrogens with zero attached hydrogens (tertiary/aromatic N) is 3. The Morgan fingerprint density at radius 1 is 1.09 bits per heavy atom. The smallest absolute Gasteiger partial charge is 0.241 e. The SMILES string of the molecule is Cc1ncc2c(n1)C=C1CCN([S+](=O)(O)c3ccc(C(C)(C)C)cc3)CC1(Cc1ccccc1)C2. The number of aryl methyl sites for hydroxylation is 1. The third-order valence-electron chi connectivity index (χ3n) is 7.41. The highest BCUT2D eigenvalue weighted by Gasteiger charge is 2.50. The van der Waals surface area contributed by atoms with Gasteiger partial charge in [0, 0.05) is 11.6 Å². The van der Waals surface area contributed by atoms with Crippen LogP contribution in [0.3, 0.4) is 0 Å². The average Bonchev–Trinajstić information content (AvgIpc) is 2.82. The van der Waals surface area contributed by atoms with Crippen LogP contribution in [0.25, 0.3) is 6.08 Å². The minimum Gasteiger partial charge on any atom is -0.241 e. The number of benzene rings is 2. The van der Waals surface area contributed by atoms with Gasteiger partial charge in [0.1, 0.15) is 5.82 Å². The number of hydrogen-bond acceptors (Lipinski definition) is 3. The van der Waals surface area contributed by atoms with Crippen LogP contribution in [0.4, 0.5) is 0 Å². The second-order valence-corrected chi connectivity index (χ2v) is 13.0. The molecule has 1 N–H and O–H groups in total. The molecule has 2 atom stereocenters. The highest BCUT2D eigenvalue weighted by atomic mass is 32.3. The number of fused-ring (bicyclic) bond motifs is 2. The first kappa shape index (κ1) is 24.0. The third-order valence-corrected chi connectivity index (χ3v) is 9.31. The zero-order valence-electron chi connectivity index (χ0n) is 21.0. The minimum absolute atomic E-state index is 0.00462. The fourth-order valence-electron chi connectivity index (χ4n) is 5.44. The standard InChI is InChI=1S/C29H33N3O2S/c1-21-30-19-23-18-29(17-22-8-6-5-7-9-22)20-32(15-14-25(29)16-27(23)31-21)35(33,34)26-12-10-24(11-13-26)28(2,3)4/h5-13,16,19H,14-15,17-18,20H2,1-4H3/p+1. The topological polar surface area (TPSA) is 66.3 Å². The molecule has 1 aliphatic heterocycles. The molecule has 0 bridgehead atoms. The van der Waals surface area contributed by atoms with Gasteiger partial charge in [-0.05, 0) is 70.7 Å². The Morgan fingerprint density at radius 3 is 2.49 bits per heavy atom. The molecule has 3 aromatic rings. The Labute approximate surface area is 209 Å². The maximum absolute atomic E-state index is 13.9. The van der Waals surface area contributed by atoms with Crippen molar-refractivity contribution in [2.75, 3.05) is 13.1 Å². The first-order valence-electron chi connectivity index (χ1n) is 12.3. The van der Waals surface area contributed by atoms with Crippen LogP contribution in [-0.2, 0) is 32.9 Å². The van der Waals surface area contributed by atoms with Crippen molar-refractivity contribution < 1.29 is 8.76 Å². The number of aromatic nitrogens is 2. The van der Waals surface area contributed by atoms with E-state index >= 15 is 0 Å². The van der Waals surface area contributed by atoms with Crippen molar-refractivity contribution in [3.8, 4) is 0 Å². The summed E-state index contributed by atoms with van der Waals surface area (Å²) in [6.07, 6.45) is 6.45. The van der Waals surface area contributed by atoms with Crippen LogP contribution >= 0.6 is 0 Å². The van der Waals surface area contributed by atoms with Crippen LogP contribution < -0.4 is 0 Å². The van der Waals surface area contributed by atoms with Crippen LogP contribution in [0.5, 0.6) is 0 Å². The number of rotatable bonds is 4. The minimum atomic E-state index is -3.36. The molecular weight excluding hydrogens is 454 g/mol. The Balaban J connectivity index is 1.51. The Hall–Kier alpha value is -2.67. The van der Waals surface area contributed by atoms with Crippen LogP contribution in [0.1, 0.15) is 55.4 Å². The van der Waals surface area contributed by atoms with Crippen LogP contribution in [0.2, 0.25) is 0 Å². The molecule has 1 aliphatic carbocycles. The van der Waals surface area contributed by atoms with Crippen molar-refractivity contribution >= 4 is 16.5 Å². The van der Waals surface area contributed by atoms with Gasteiger partial charge in [-0.15, -0.1) is 0 Å². The average molecular weight is 489 g/mol. The molecule has 0 amide bonds. The van der Waals surface area contributed by atoms with E-state index in [2.05, 4.69) is 61.1 Å². The summed E-state index contributed by atoms with van der Waals surface area (Å²) in [5.41, 5.74) is 5.53. The van der Waals surface area contributed by atoms with Gasteiger partial charge in [-0.3, -0.25) is 0 Å². The van der Waals surface area contributed by atoms with Crippen LogP contribution in [0.15, 0.2) is 71.3 Å². The predicted molar refractivity (Wildman–Crippen MR) is 141 cm³/mol. The van der Waals surface area contributed by atoms with Gasteiger partial charge in [0.05, 0.1) is 18.8 Å². The summed E-state index contributed by atoms with van der Waals surface area (Å²) < 4.78 is 27.1.